The lowest BCUT2D eigenvalue weighted by Gasteiger charge is -2.12. The van der Waals surface area contributed by atoms with Crippen molar-refractivity contribution in [3.8, 4) is 12.1 Å². The van der Waals surface area contributed by atoms with Gasteiger partial charge in [-0.05, 0) is 12.1 Å². The van der Waals surface area contributed by atoms with Crippen molar-refractivity contribution in [2.24, 2.45) is 0 Å². The second kappa shape index (κ2) is 12.3. The van der Waals surface area contributed by atoms with Gasteiger partial charge in [-0.15, -0.1) is 10.2 Å². The third kappa shape index (κ3) is 5.60. The molecule has 10 nitrogen and oxygen atoms in total. The second-order valence-electron chi connectivity index (χ2n) is 9.17. The highest BCUT2D eigenvalue weighted by Crippen LogP contribution is 2.41. The summed E-state index contributed by atoms with van der Waals surface area (Å²) in [5.74, 6) is -1.35. The molecule has 2 aromatic heterocycles. The molecule has 6 atom stereocenters. The predicted molar refractivity (Wildman–Crippen MR) is 140 cm³/mol. The van der Waals surface area contributed by atoms with E-state index in [-0.39, 0.29) is 46.3 Å². The van der Waals surface area contributed by atoms with Gasteiger partial charge < -0.3 is 0 Å². The van der Waals surface area contributed by atoms with Crippen LogP contribution in [-0.4, -0.2) is 49.5 Å². The largest absolute Gasteiger partial charge is 0.250 e. The van der Waals surface area contributed by atoms with Crippen LogP contribution in [0.3, 0.4) is 0 Å². The molecule has 4 aromatic rings. The van der Waals surface area contributed by atoms with E-state index < -0.39 is 57.7 Å². The summed E-state index contributed by atoms with van der Waals surface area (Å²) >= 11 is 0. The van der Waals surface area contributed by atoms with E-state index in [4.69, 9.17) is 10.5 Å². The molecule has 0 unspecified atom stereocenters. The lowest BCUT2D eigenvalue weighted by molar-refractivity contribution is 0.325. The van der Waals surface area contributed by atoms with Crippen LogP contribution in [-0.2, 0) is 21.6 Å². The monoisotopic (exact) mass is 616 g/mol. The molecule has 0 saturated carbocycles. The topological polar surface area (TPSA) is 143 Å². The number of aromatic nitrogens is 6. The van der Waals surface area contributed by atoms with Crippen LogP contribution in [0.15, 0.2) is 58.8 Å². The van der Waals surface area contributed by atoms with Crippen LogP contribution in [0.4, 0.5) is 17.6 Å². The van der Waals surface area contributed by atoms with E-state index in [9.17, 15) is 26.0 Å². The molecule has 2 aromatic carbocycles. The fraction of sp³-hybridized carbons (Fsp3) is 0.308. The quantitative estimate of drug-likeness (QED) is 0.295. The Morgan fingerprint density at radius 3 is 1.48 bits per heavy atom. The Kier molecular flexibility index (Phi) is 8.56. The van der Waals surface area contributed by atoms with Gasteiger partial charge in [0.15, 0.2) is 24.0 Å². The normalized spacial score (nSPS) is 21.8. The van der Waals surface area contributed by atoms with Crippen molar-refractivity contribution in [3.63, 3.8) is 0 Å². The Morgan fingerprint density at radius 1 is 0.738 bits per heavy atom. The molecule has 0 amide bonds. The van der Waals surface area contributed by atoms with Crippen LogP contribution < -0.4 is 0 Å². The molecule has 2 aliphatic heterocycles. The zero-order valence-electron chi connectivity index (χ0n) is 21.5. The number of alkyl halides is 2. The van der Waals surface area contributed by atoms with Crippen LogP contribution in [0.5, 0.6) is 0 Å². The lowest BCUT2D eigenvalue weighted by Crippen LogP contribution is -2.10. The van der Waals surface area contributed by atoms with Gasteiger partial charge in [0.25, 0.3) is 0 Å². The van der Waals surface area contributed by atoms with Gasteiger partial charge in [-0.25, -0.2) is 45.3 Å². The number of fused-ring (bicyclic) bond motifs is 2. The number of halogens is 4. The van der Waals surface area contributed by atoms with Gasteiger partial charge in [0.1, 0.15) is 44.7 Å². The summed E-state index contributed by atoms with van der Waals surface area (Å²) < 4.78 is 81.8. The highest BCUT2D eigenvalue weighted by molar-refractivity contribution is 7.85. The minimum Gasteiger partial charge on any atom is -0.250 e. The number of rotatable bonds is 6. The van der Waals surface area contributed by atoms with Gasteiger partial charge in [0.2, 0.25) is 10.3 Å². The maximum absolute atomic E-state index is 14.0. The summed E-state index contributed by atoms with van der Waals surface area (Å²) in [7, 11) is -3.39. The van der Waals surface area contributed by atoms with Crippen molar-refractivity contribution in [2.45, 2.75) is 47.6 Å². The second-order valence-corrected chi connectivity index (χ2v) is 11.9. The van der Waals surface area contributed by atoms with Gasteiger partial charge in [-0.1, -0.05) is 36.4 Å². The third-order valence-electron chi connectivity index (χ3n) is 6.61. The third-order valence-corrected chi connectivity index (χ3v) is 8.56. The minimum absolute atomic E-state index is 0.0320. The van der Waals surface area contributed by atoms with Crippen LogP contribution in [0.1, 0.15) is 60.0 Å². The summed E-state index contributed by atoms with van der Waals surface area (Å²) in [5, 5.41) is 24.9. The van der Waals surface area contributed by atoms with Gasteiger partial charge in [-0.3, -0.25) is 0 Å². The van der Waals surface area contributed by atoms with Crippen molar-refractivity contribution in [3.05, 3.63) is 82.9 Å². The Labute approximate surface area is 241 Å². The molecule has 0 saturated heterocycles. The van der Waals surface area contributed by atoms with E-state index in [1.807, 2.05) is 0 Å². The first-order valence-electron chi connectivity index (χ1n) is 12.4. The van der Waals surface area contributed by atoms with E-state index in [0.717, 1.165) is 0 Å². The van der Waals surface area contributed by atoms with E-state index in [0.29, 0.717) is 11.1 Å². The molecule has 0 aliphatic carbocycles. The van der Waals surface area contributed by atoms with Crippen molar-refractivity contribution in [2.75, 3.05) is 11.5 Å². The predicted octanol–water partition coefficient (Wildman–Crippen LogP) is 4.10. The Morgan fingerprint density at radius 2 is 1.12 bits per heavy atom. The Balaban J connectivity index is 0.000000168. The van der Waals surface area contributed by atoms with Crippen molar-refractivity contribution in [1.29, 1.82) is 10.5 Å². The lowest BCUT2D eigenvalue weighted by atomic mass is 10.0. The highest BCUT2D eigenvalue weighted by atomic mass is 32.2. The number of nitriles is 2. The summed E-state index contributed by atoms with van der Waals surface area (Å²) in [6.07, 6.45) is -2.70. The summed E-state index contributed by atoms with van der Waals surface area (Å²) in [4.78, 5) is 7.80. The van der Waals surface area contributed by atoms with Gasteiger partial charge >= 0.3 is 0 Å². The molecule has 216 valence electrons. The average molecular weight is 617 g/mol. The number of hydrogen-bond donors (Lipinski definition) is 0. The van der Waals surface area contributed by atoms with Crippen LogP contribution in [0.2, 0.25) is 0 Å². The molecule has 0 spiro atoms. The molecule has 6 rings (SSSR count). The first-order chi connectivity index (χ1) is 20.2. The minimum atomic E-state index is -1.70. The molecule has 0 radical (unpaired) electrons. The zero-order valence-corrected chi connectivity index (χ0v) is 23.1. The molecule has 4 heterocycles. The average Bonchev–Trinajstić information content (AvgIpc) is 3.73. The van der Waals surface area contributed by atoms with E-state index in [1.165, 1.54) is 21.5 Å². The maximum Gasteiger partial charge on any atom is 0.240 e. The van der Waals surface area contributed by atoms with E-state index in [2.05, 4.69) is 20.2 Å². The van der Waals surface area contributed by atoms with E-state index >= 15 is 0 Å². The molecule has 0 N–H and O–H groups in total. The first-order valence-corrected chi connectivity index (χ1v) is 15.1. The fourth-order valence-corrected chi connectivity index (χ4v) is 6.01. The highest BCUT2D eigenvalue weighted by Gasteiger charge is 2.38. The van der Waals surface area contributed by atoms with Crippen LogP contribution in [0, 0.1) is 34.3 Å². The van der Waals surface area contributed by atoms with Crippen LogP contribution in [0.25, 0.3) is 0 Å². The molecular weight excluding hydrogens is 596 g/mol. The maximum atomic E-state index is 14.0. The molecule has 2 aliphatic rings. The van der Waals surface area contributed by atoms with Crippen molar-refractivity contribution >= 4 is 21.6 Å². The summed E-state index contributed by atoms with van der Waals surface area (Å²) in [6.45, 7) is 0. The van der Waals surface area contributed by atoms with Gasteiger partial charge in [0.05, 0.1) is 24.2 Å². The molecule has 42 heavy (non-hydrogen) atoms. The zero-order chi connectivity index (χ0) is 30.0. The van der Waals surface area contributed by atoms with E-state index in [1.54, 1.807) is 48.5 Å². The number of benzene rings is 2. The van der Waals surface area contributed by atoms with Gasteiger partial charge in [-0.2, -0.15) is 10.5 Å². The molecule has 16 heteroatoms. The smallest absolute Gasteiger partial charge is 0.240 e. The SMILES string of the molecule is N#CC[S@@](=O)c1nc2n(n1)[C@H](c1ccccc1F)C[C@@H]2F.N#CC[S@](=O)c1nc2n(n1)[C@H](c1ccccc1F)C[C@@H]2F. The molecule has 0 fully saturated rings. The first kappa shape index (κ1) is 29.2. The van der Waals surface area contributed by atoms with Crippen LogP contribution >= 0.6 is 0 Å². The van der Waals surface area contributed by atoms with Gasteiger partial charge in [0, 0.05) is 24.0 Å². The molecular formula is C26H20F4N8O2S2. The Hall–Kier alpha value is -4.28. The Bertz CT molecular complexity index is 1640. The number of nitrogens with zero attached hydrogens (tertiary/aromatic N) is 8. The molecule has 0 bridgehead atoms. The standard InChI is InChI=1S/2C13H10F2N4OS/c2*14-9-4-2-1-3-8(9)11-7-10(15)12-17-13(18-19(11)12)21(20)6-5-16/h2*1-4,10-11H,6-7H2/t10-,11-,21+;10-,11-,21-/m00/s1. The summed E-state index contributed by atoms with van der Waals surface area (Å²) in [5.41, 5.74) is 0.642. The summed E-state index contributed by atoms with van der Waals surface area (Å²) in [6, 6.07) is 14.4. The number of hydrogen-bond acceptors (Lipinski definition) is 8. The fourth-order valence-electron chi connectivity index (χ4n) is 4.77. The van der Waals surface area contributed by atoms with Crippen molar-refractivity contribution < 1.29 is 26.0 Å². The van der Waals surface area contributed by atoms with Crippen molar-refractivity contribution in [1.82, 2.24) is 29.5 Å².